The molecule has 112 valence electrons. The fraction of sp³-hybridized carbons (Fsp3) is 0.471. The summed E-state index contributed by atoms with van der Waals surface area (Å²) >= 11 is 0. The highest BCUT2D eigenvalue weighted by atomic mass is 15.3. The first-order valence-electron chi connectivity index (χ1n) is 7.84. The van der Waals surface area contributed by atoms with E-state index in [2.05, 4.69) is 52.1 Å². The second-order valence-electron chi connectivity index (χ2n) is 6.04. The van der Waals surface area contributed by atoms with Crippen LogP contribution in [0.4, 0.5) is 0 Å². The molecule has 1 aliphatic heterocycles. The summed E-state index contributed by atoms with van der Waals surface area (Å²) in [5.74, 6) is 1.53. The van der Waals surface area contributed by atoms with Gasteiger partial charge in [0.15, 0.2) is 5.96 Å². The third kappa shape index (κ3) is 3.38. The van der Waals surface area contributed by atoms with Crippen LogP contribution in [0.25, 0.3) is 10.9 Å². The highest BCUT2D eigenvalue weighted by molar-refractivity contribution is 5.80. The SMILES string of the molecule is CC1CCN(C(N)=NCCc2cc3ccccc3[nH]2)CC1. The maximum atomic E-state index is 6.10. The van der Waals surface area contributed by atoms with Gasteiger partial charge in [-0.15, -0.1) is 0 Å². The normalized spacial score (nSPS) is 17.6. The van der Waals surface area contributed by atoms with Crippen molar-refractivity contribution in [2.45, 2.75) is 26.2 Å². The Labute approximate surface area is 126 Å². The van der Waals surface area contributed by atoms with Crippen molar-refractivity contribution in [1.82, 2.24) is 9.88 Å². The number of rotatable bonds is 3. The molecule has 0 radical (unpaired) electrons. The summed E-state index contributed by atoms with van der Waals surface area (Å²) in [6.45, 7) is 5.14. The molecule has 1 aromatic carbocycles. The molecule has 3 N–H and O–H groups in total. The van der Waals surface area contributed by atoms with Crippen molar-refractivity contribution in [2.24, 2.45) is 16.6 Å². The average molecular weight is 284 g/mol. The van der Waals surface area contributed by atoms with E-state index in [0.717, 1.165) is 32.0 Å². The molecule has 2 aromatic rings. The summed E-state index contributed by atoms with van der Waals surface area (Å²) in [5, 5.41) is 1.26. The zero-order valence-electron chi connectivity index (χ0n) is 12.7. The number of nitrogens with one attached hydrogen (secondary N) is 1. The predicted octanol–water partition coefficient (Wildman–Crippen LogP) is 2.76. The molecule has 0 bridgehead atoms. The van der Waals surface area contributed by atoms with E-state index in [1.165, 1.54) is 29.4 Å². The van der Waals surface area contributed by atoms with E-state index in [1.54, 1.807) is 0 Å². The predicted molar refractivity (Wildman–Crippen MR) is 88.5 cm³/mol. The lowest BCUT2D eigenvalue weighted by Crippen LogP contribution is -2.42. The molecule has 0 atom stereocenters. The number of likely N-dealkylation sites (tertiary alicyclic amines) is 1. The van der Waals surface area contributed by atoms with E-state index in [-0.39, 0.29) is 0 Å². The van der Waals surface area contributed by atoms with Crippen LogP contribution in [0.5, 0.6) is 0 Å². The van der Waals surface area contributed by atoms with Crippen LogP contribution in [0.2, 0.25) is 0 Å². The smallest absolute Gasteiger partial charge is 0.191 e. The molecule has 0 unspecified atom stereocenters. The van der Waals surface area contributed by atoms with E-state index < -0.39 is 0 Å². The Morgan fingerprint density at radius 1 is 1.33 bits per heavy atom. The Hall–Kier alpha value is -1.97. The molecule has 1 aliphatic rings. The first kappa shape index (κ1) is 14.0. The minimum Gasteiger partial charge on any atom is -0.370 e. The van der Waals surface area contributed by atoms with E-state index in [1.807, 2.05) is 0 Å². The second kappa shape index (κ2) is 6.20. The minimum atomic E-state index is 0.706. The van der Waals surface area contributed by atoms with E-state index in [9.17, 15) is 0 Å². The molecule has 4 heteroatoms. The maximum absolute atomic E-state index is 6.10. The third-order valence-electron chi connectivity index (χ3n) is 4.35. The first-order chi connectivity index (χ1) is 10.2. The van der Waals surface area contributed by atoms with Gasteiger partial charge in [-0.25, -0.2) is 0 Å². The summed E-state index contributed by atoms with van der Waals surface area (Å²) < 4.78 is 0. The number of para-hydroxylation sites is 1. The number of piperidine rings is 1. The molecular formula is C17H24N4. The molecule has 0 aliphatic carbocycles. The third-order valence-corrected chi connectivity index (χ3v) is 4.35. The van der Waals surface area contributed by atoms with Crippen LogP contribution in [0.1, 0.15) is 25.5 Å². The number of nitrogens with zero attached hydrogens (tertiary/aromatic N) is 2. The lowest BCUT2D eigenvalue weighted by molar-refractivity contribution is 0.277. The Bertz CT molecular complexity index is 588. The van der Waals surface area contributed by atoms with Gasteiger partial charge in [-0.2, -0.15) is 0 Å². The summed E-state index contributed by atoms with van der Waals surface area (Å²) in [7, 11) is 0. The number of aliphatic imine (C=N–C) groups is 1. The number of hydrogen-bond acceptors (Lipinski definition) is 1. The van der Waals surface area contributed by atoms with Crippen LogP contribution in [-0.4, -0.2) is 35.5 Å². The highest BCUT2D eigenvalue weighted by Gasteiger charge is 2.16. The van der Waals surface area contributed by atoms with Gasteiger partial charge in [-0.05, 0) is 36.3 Å². The van der Waals surface area contributed by atoms with Gasteiger partial charge < -0.3 is 15.6 Å². The zero-order valence-corrected chi connectivity index (χ0v) is 12.7. The van der Waals surface area contributed by atoms with Crippen molar-refractivity contribution in [3.05, 3.63) is 36.0 Å². The van der Waals surface area contributed by atoms with Crippen molar-refractivity contribution in [3.63, 3.8) is 0 Å². The highest BCUT2D eigenvalue weighted by Crippen LogP contribution is 2.16. The van der Waals surface area contributed by atoms with Gasteiger partial charge in [0.05, 0.1) is 0 Å². The monoisotopic (exact) mass is 284 g/mol. The summed E-state index contributed by atoms with van der Waals surface area (Å²) in [4.78, 5) is 10.2. The standard InChI is InChI=1S/C17H24N4/c1-13-7-10-21(11-8-13)17(18)19-9-6-15-12-14-4-2-3-5-16(14)20-15/h2-5,12-13,20H,6-11H2,1H3,(H2,18,19). The largest absolute Gasteiger partial charge is 0.370 e. The number of benzene rings is 1. The Morgan fingerprint density at radius 3 is 2.86 bits per heavy atom. The average Bonchev–Trinajstić information content (AvgIpc) is 2.90. The summed E-state index contributed by atoms with van der Waals surface area (Å²) in [6.07, 6.45) is 3.34. The van der Waals surface area contributed by atoms with Crippen molar-refractivity contribution < 1.29 is 0 Å². The van der Waals surface area contributed by atoms with Gasteiger partial charge in [-0.3, -0.25) is 4.99 Å². The number of aromatic amines is 1. The van der Waals surface area contributed by atoms with Crippen LogP contribution >= 0.6 is 0 Å². The van der Waals surface area contributed by atoms with Gasteiger partial charge >= 0.3 is 0 Å². The molecule has 1 fully saturated rings. The number of guanidine groups is 1. The fourth-order valence-corrected chi connectivity index (χ4v) is 2.90. The molecule has 3 rings (SSSR count). The molecule has 1 saturated heterocycles. The van der Waals surface area contributed by atoms with E-state index in [0.29, 0.717) is 5.96 Å². The minimum absolute atomic E-state index is 0.706. The van der Waals surface area contributed by atoms with Gasteiger partial charge in [-0.1, -0.05) is 25.1 Å². The lowest BCUT2D eigenvalue weighted by atomic mass is 10.00. The van der Waals surface area contributed by atoms with Crippen molar-refractivity contribution in [1.29, 1.82) is 0 Å². The molecule has 1 aromatic heterocycles. The Balaban J connectivity index is 1.56. The Kier molecular flexibility index (Phi) is 4.13. The maximum Gasteiger partial charge on any atom is 0.191 e. The van der Waals surface area contributed by atoms with Crippen LogP contribution < -0.4 is 5.73 Å². The molecular weight excluding hydrogens is 260 g/mol. The number of fused-ring (bicyclic) bond motifs is 1. The lowest BCUT2D eigenvalue weighted by Gasteiger charge is -2.31. The van der Waals surface area contributed by atoms with E-state index >= 15 is 0 Å². The van der Waals surface area contributed by atoms with Crippen LogP contribution in [0.3, 0.4) is 0 Å². The number of H-pyrrole nitrogens is 1. The van der Waals surface area contributed by atoms with Gasteiger partial charge in [0.2, 0.25) is 0 Å². The molecule has 0 saturated carbocycles. The Morgan fingerprint density at radius 2 is 2.10 bits per heavy atom. The summed E-state index contributed by atoms with van der Waals surface area (Å²) in [6, 6.07) is 10.5. The first-order valence-corrected chi connectivity index (χ1v) is 7.84. The molecule has 21 heavy (non-hydrogen) atoms. The van der Waals surface area contributed by atoms with Crippen molar-refractivity contribution in [3.8, 4) is 0 Å². The van der Waals surface area contributed by atoms with Crippen molar-refractivity contribution >= 4 is 16.9 Å². The van der Waals surface area contributed by atoms with Crippen LogP contribution in [-0.2, 0) is 6.42 Å². The molecule has 2 heterocycles. The van der Waals surface area contributed by atoms with Crippen LogP contribution in [0, 0.1) is 5.92 Å². The fourth-order valence-electron chi connectivity index (χ4n) is 2.90. The van der Waals surface area contributed by atoms with Crippen LogP contribution in [0.15, 0.2) is 35.3 Å². The number of aromatic nitrogens is 1. The zero-order chi connectivity index (χ0) is 14.7. The molecule has 0 amide bonds. The van der Waals surface area contributed by atoms with Gasteiger partial charge in [0.1, 0.15) is 0 Å². The van der Waals surface area contributed by atoms with E-state index in [4.69, 9.17) is 5.73 Å². The molecule has 4 nitrogen and oxygen atoms in total. The molecule has 0 spiro atoms. The van der Waals surface area contributed by atoms with Gasteiger partial charge in [0.25, 0.3) is 0 Å². The number of nitrogens with two attached hydrogens (primary N) is 1. The topological polar surface area (TPSA) is 57.4 Å². The second-order valence-corrected chi connectivity index (χ2v) is 6.04. The van der Waals surface area contributed by atoms with Crippen molar-refractivity contribution in [2.75, 3.05) is 19.6 Å². The van der Waals surface area contributed by atoms with Gasteiger partial charge in [0, 0.05) is 37.3 Å². The quantitative estimate of drug-likeness (QED) is 0.672. The number of hydrogen-bond donors (Lipinski definition) is 2. The summed E-state index contributed by atoms with van der Waals surface area (Å²) in [5.41, 5.74) is 8.51.